The van der Waals surface area contributed by atoms with Crippen molar-refractivity contribution in [3.05, 3.63) is 166 Å². The van der Waals surface area contributed by atoms with Crippen LogP contribution in [0, 0.1) is 0 Å². The van der Waals surface area contributed by atoms with Crippen LogP contribution in [-0.2, 0) is 0 Å². The molecule has 0 aliphatic heterocycles. The molecule has 0 bridgehead atoms. The smallest absolute Gasteiger partial charge is 0.336 e. The third-order valence-electron chi connectivity index (χ3n) is 18.0. The van der Waals surface area contributed by atoms with Crippen molar-refractivity contribution in [1.82, 2.24) is 5.32 Å². The Labute approximate surface area is 624 Å². The van der Waals surface area contributed by atoms with E-state index in [-0.39, 0.29) is 22.3 Å². The van der Waals surface area contributed by atoms with E-state index in [0.29, 0.717) is 34.4 Å². The molecule has 0 spiro atoms. The number of rotatable bonds is 49. The van der Waals surface area contributed by atoms with Crippen LogP contribution in [-0.4, -0.2) is 95.4 Å². The van der Waals surface area contributed by atoms with Crippen LogP contribution in [0.5, 0.6) is 23.0 Å². The average Bonchev–Trinajstić information content (AvgIpc) is 0.799. The zero-order chi connectivity index (χ0) is 77.0. The number of hydrogen-bond acceptors (Lipinski definition) is 13. The summed E-state index contributed by atoms with van der Waals surface area (Å²) in [6.07, 6.45) is 48.2. The summed E-state index contributed by atoms with van der Waals surface area (Å²) in [6, 6.07) is 30.9. The molecule has 574 valence electrons. The van der Waals surface area contributed by atoms with E-state index in [1.54, 1.807) is 72.8 Å². The van der Waals surface area contributed by atoms with Crippen molar-refractivity contribution in [2.24, 2.45) is 0 Å². The minimum atomic E-state index is -1.49. The van der Waals surface area contributed by atoms with E-state index in [1.165, 1.54) is 218 Å². The SMILES string of the molecule is CCCCCCCCCCCCCCCCCCC.CCCCCCCCCCCCCCCCCCNC.CNc1ccc(Oc2ccc(NC(=O)c3cc(C(C)=O)c(C(=O)O)cc3C(=O)O)cc2)cc1.CNc1ccc(Oc2ccc(NC(=O)c3cc(C(C)=O)c(C(=O)O)cc3C(=O)O)cc2)cc1. The van der Waals surface area contributed by atoms with E-state index in [1.807, 2.05) is 45.4 Å². The minimum absolute atomic E-state index is 0.259. The quantitative estimate of drug-likeness (QED) is 0.0127. The largest absolute Gasteiger partial charge is 0.478 e. The lowest BCUT2D eigenvalue weighted by Gasteiger charge is -2.12. The van der Waals surface area contributed by atoms with Gasteiger partial charge in [-0.05, 0) is 155 Å². The third-order valence-corrected chi connectivity index (χ3v) is 18.0. The Morgan fingerprint density at radius 3 is 0.676 bits per heavy atom. The van der Waals surface area contributed by atoms with Crippen molar-refractivity contribution in [2.45, 2.75) is 247 Å². The van der Waals surface area contributed by atoms with Gasteiger partial charge in [0.05, 0.1) is 33.4 Å². The van der Waals surface area contributed by atoms with Crippen molar-refractivity contribution in [2.75, 3.05) is 49.0 Å². The summed E-state index contributed by atoms with van der Waals surface area (Å²) in [5.41, 5.74) is -0.638. The highest BCUT2D eigenvalue weighted by molar-refractivity contribution is 6.16. The highest BCUT2D eigenvalue weighted by atomic mass is 16.5. The number of anilines is 4. The molecular formula is C86H121N5O14. The first kappa shape index (κ1) is 89.9. The van der Waals surface area contributed by atoms with Gasteiger partial charge in [-0.15, -0.1) is 0 Å². The average molecular weight is 1450 g/mol. The number of benzene rings is 6. The Bertz CT molecular complexity index is 3290. The standard InChI is InChI=1S/2C24H20N2O7.C19H41N.C19H40/c2*1-13(27)18-11-19(21(24(31)32)12-20(18)23(29)30)22(28)26-15-5-9-17(10-6-15)33-16-7-3-14(25-2)4-8-16;1-3-4-5-6-7-8-9-10-11-12-13-14-15-16-17-18-19-20-2;1-3-5-7-9-11-13-15-17-19-18-16-14-12-10-8-6-4-2/h2*3-12,25H,1-2H3,(H,26,28)(H,29,30)(H,31,32);20H,3-19H2,1-2H3;3-19H2,1-2H3. The number of hydrogen-bond donors (Lipinski definition) is 9. The Balaban J connectivity index is 0.000000376. The molecule has 0 heterocycles. The number of carbonyl (C=O) groups excluding carboxylic acids is 4. The van der Waals surface area contributed by atoms with E-state index in [9.17, 15) is 58.8 Å². The van der Waals surface area contributed by atoms with Gasteiger partial charge in [0, 0.05) is 48.0 Å². The number of aromatic carboxylic acids is 4. The molecule has 6 aromatic rings. The predicted octanol–water partition coefficient (Wildman–Crippen LogP) is 22.9. The molecular weight excluding hydrogens is 1330 g/mol. The van der Waals surface area contributed by atoms with E-state index >= 15 is 0 Å². The van der Waals surface area contributed by atoms with Crippen molar-refractivity contribution >= 4 is 70.0 Å². The molecule has 9 N–H and O–H groups in total. The fraction of sp³-hybridized carbons (Fsp3) is 0.488. The lowest BCUT2D eigenvalue weighted by molar-refractivity contribution is 0.0673. The first-order chi connectivity index (χ1) is 50.7. The van der Waals surface area contributed by atoms with Gasteiger partial charge in [0.2, 0.25) is 0 Å². The highest BCUT2D eigenvalue weighted by Crippen LogP contribution is 2.29. The van der Waals surface area contributed by atoms with Gasteiger partial charge in [-0.25, -0.2) is 19.2 Å². The van der Waals surface area contributed by atoms with Gasteiger partial charge in [0.1, 0.15) is 23.0 Å². The molecule has 0 saturated carbocycles. The first-order valence-corrected chi connectivity index (χ1v) is 38.4. The zero-order valence-electron chi connectivity index (χ0n) is 64.0. The van der Waals surface area contributed by atoms with Gasteiger partial charge in [-0.3, -0.25) is 19.2 Å². The molecule has 0 radical (unpaired) electrons. The molecule has 19 heteroatoms. The van der Waals surface area contributed by atoms with E-state index in [4.69, 9.17) is 9.47 Å². The molecule has 2 amide bonds. The molecule has 19 nitrogen and oxygen atoms in total. The lowest BCUT2D eigenvalue weighted by atomic mass is 9.95. The van der Waals surface area contributed by atoms with E-state index in [2.05, 4.69) is 47.4 Å². The Hall–Kier alpha value is -9.36. The number of ketones is 2. The van der Waals surface area contributed by atoms with Crippen LogP contribution < -0.4 is 36.1 Å². The number of ether oxygens (including phenoxy) is 2. The maximum Gasteiger partial charge on any atom is 0.336 e. The minimum Gasteiger partial charge on any atom is -0.478 e. The summed E-state index contributed by atoms with van der Waals surface area (Å²) < 4.78 is 11.5. The number of amides is 2. The molecule has 0 aliphatic rings. The maximum absolute atomic E-state index is 12.8. The van der Waals surface area contributed by atoms with Crippen molar-refractivity contribution in [3.8, 4) is 23.0 Å². The predicted molar refractivity (Wildman–Crippen MR) is 425 cm³/mol. The van der Waals surface area contributed by atoms with Gasteiger partial charge >= 0.3 is 23.9 Å². The fourth-order valence-corrected chi connectivity index (χ4v) is 11.8. The molecule has 0 aromatic heterocycles. The second-order valence-electron chi connectivity index (χ2n) is 26.6. The lowest BCUT2D eigenvalue weighted by Crippen LogP contribution is -2.19. The van der Waals surface area contributed by atoms with Crippen molar-refractivity contribution in [1.29, 1.82) is 0 Å². The van der Waals surface area contributed by atoms with Gasteiger partial charge in [0.25, 0.3) is 11.8 Å². The molecule has 6 rings (SSSR count). The zero-order valence-corrected chi connectivity index (χ0v) is 64.0. The number of nitrogens with one attached hydrogen (secondary N) is 5. The molecule has 0 saturated heterocycles. The number of Topliss-reactive ketones (excluding diaryl/α,β-unsaturated/α-hetero) is 2. The Morgan fingerprint density at radius 1 is 0.276 bits per heavy atom. The molecule has 105 heavy (non-hydrogen) atoms. The molecule has 0 aliphatic carbocycles. The summed E-state index contributed by atoms with van der Waals surface area (Å²) in [7, 11) is 5.67. The van der Waals surface area contributed by atoms with Gasteiger partial charge < -0.3 is 56.5 Å². The summed E-state index contributed by atoms with van der Waals surface area (Å²) in [6.45, 7) is 10.3. The topological polar surface area (TPSA) is 296 Å². The monoisotopic (exact) mass is 1450 g/mol. The van der Waals surface area contributed by atoms with Crippen LogP contribution >= 0.6 is 0 Å². The van der Waals surface area contributed by atoms with E-state index < -0.39 is 69.5 Å². The van der Waals surface area contributed by atoms with Gasteiger partial charge in [0.15, 0.2) is 11.6 Å². The Morgan fingerprint density at radius 2 is 0.476 bits per heavy atom. The number of carboxylic acids is 4. The van der Waals surface area contributed by atoms with Crippen LogP contribution in [0.3, 0.4) is 0 Å². The van der Waals surface area contributed by atoms with Crippen LogP contribution in [0.2, 0.25) is 0 Å². The van der Waals surface area contributed by atoms with Gasteiger partial charge in [-0.1, -0.05) is 226 Å². The third kappa shape index (κ3) is 37.3. The Kier molecular flexibility index (Phi) is 46.5. The molecule has 0 unspecified atom stereocenters. The van der Waals surface area contributed by atoms with E-state index in [0.717, 1.165) is 49.5 Å². The normalized spacial score (nSPS) is 10.6. The molecule has 6 aromatic carbocycles. The molecule has 0 fully saturated rings. The molecule has 0 atom stereocenters. The number of carboxylic acid groups (broad SMARTS) is 4. The maximum atomic E-state index is 12.8. The van der Waals surface area contributed by atoms with Crippen LogP contribution in [0.1, 0.15) is 329 Å². The van der Waals surface area contributed by atoms with Gasteiger partial charge in [-0.2, -0.15) is 0 Å². The summed E-state index contributed by atoms with van der Waals surface area (Å²) in [5, 5.41) is 51.8. The fourth-order valence-electron chi connectivity index (χ4n) is 11.8. The second-order valence-corrected chi connectivity index (χ2v) is 26.6. The van der Waals surface area contributed by atoms with Crippen LogP contribution in [0.25, 0.3) is 0 Å². The highest BCUT2D eigenvalue weighted by Gasteiger charge is 2.26. The number of carbonyl (C=O) groups is 8. The summed E-state index contributed by atoms with van der Waals surface area (Å²) in [4.78, 5) is 95.3. The first-order valence-electron chi connectivity index (χ1n) is 38.4. The number of unbranched alkanes of at least 4 members (excludes halogenated alkanes) is 31. The van der Waals surface area contributed by atoms with Crippen molar-refractivity contribution < 1.29 is 68.3 Å². The summed E-state index contributed by atoms with van der Waals surface area (Å²) in [5.74, 6) is -6.48. The van der Waals surface area contributed by atoms with Crippen molar-refractivity contribution in [3.63, 3.8) is 0 Å². The van der Waals surface area contributed by atoms with Crippen LogP contribution in [0.15, 0.2) is 121 Å². The summed E-state index contributed by atoms with van der Waals surface area (Å²) >= 11 is 0. The van der Waals surface area contributed by atoms with Crippen LogP contribution in [0.4, 0.5) is 22.7 Å². The second kappa shape index (κ2) is 54.3.